The first kappa shape index (κ1) is 20.3. The van der Waals surface area contributed by atoms with Gasteiger partial charge in [-0.3, -0.25) is 9.59 Å². The molecule has 0 fully saturated rings. The molecule has 1 aromatic carbocycles. The van der Waals surface area contributed by atoms with Crippen LogP contribution in [0.5, 0.6) is 11.5 Å². The Bertz CT molecular complexity index is 1200. The number of H-pyrrole nitrogens is 1. The number of alkyl halides is 3. The zero-order valence-corrected chi connectivity index (χ0v) is 16.5. The molecular formula is C20H17F3N2O4S. The van der Waals surface area contributed by atoms with Crippen LogP contribution in [-0.2, 0) is 12.8 Å². The van der Waals surface area contributed by atoms with Gasteiger partial charge in [0.1, 0.15) is 21.9 Å². The van der Waals surface area contributed by atoms with E-state index >= 15 is 0 Å². The van der Waals surface area contributed by atoms with E-state index in [4.69, 9.17) is 0 Å². The standard InChI is InChI=1S/C20H17F3N2O4S/c1-9-5-6-12-13(7-9)30-19-14(12)16(26)15(18(28)25-19)17(27)24-10-3-2-4-11(8-10)29-20(21,22)23/h2-4,8-9H,5-7H2,1H3,(H,24,27)(H2,25,26,28)/t9-/m0/s1. The number of aromatic hydroxyl groups is 1. The number of benzene rings is 1. The molecule has 2 heterocycles. The van der Waals surface area contributed by atoms with Crippen LogP contribution in [-0.4, -0.2) is 22.4 Å². The summed E-state index contributed by atoms with van der Waals surface area (Å²) in [5.41, 5.74) is -0.339. The van der Waals surface area contributed by atoms with Crippen molar-refractivity contribution in [3.05, 3.63) is 50.6 Å². The number of aromatic amines is 1. The highest BCUT2D eigenvalue weighted by Crippen LogP contribution is 2.41. The molecule has 0 saturated carbocycles. The molecule has 0 unspecified atom stereocenters. The number of aromatic nitrogens is 1. The number of carbonyl (C=O) groups excluding carboxylic acids is 1. The fourth-order valence-corrected chi connectivity index (χ4v) is 5.07. The molecule has 1 aliphatic carbocycles. The number of fused-ring (bicyclic) bond motifs is 3. The lowest BCUT2D eigenvalue weighted by Gasteiger charge is -2.18. The highest BCUT2D eigenvalue weighted by molar-refractivity contribution is 7.18. The number of thiophene rings is 1. The van der Waals surface area contributed by atoms with Crippen molar-refractivity contribution >= 4 is 33.1 Å². The van der Waals surface area contributed by atoms with E-state index in [1.807, 2.05) is 0 Å². The summed E-state index contributed by atoms with van der Waals surface area (Å²) in [5, 5.41) is 13.6. The molecule has 0 saturated heterocycles. The number of hydrogen-bond acceptors (Lipinski definition) is 5. The molecule has 0 bridgehead atoms. The average molecular weight is 438 g/mol. The minimum atomic E-state index is -4.88. The number of carbonyl (C=O) groups is 1. The Labute approximate surface area is 172 Å². The lowest BCUT2D eigenvalue weighted by molar-refractivity contribution is -0.274. The number of amides is 1. The van der Waals surface area contributed by atoms with Gasteiger partial charge in [0.25, 0.3) is 11.5 Å². The number of hydrogen-bond donors (Lipinski definition) is 3. The molecule has 30 heavy (non-hydrogen) atoms. The van der Waals surface area contributed by atoms with Gasteiger partial charge in [0, 0.05) is 16.6 Å². The van der Waals surface area contributed by atoms with Crippen molar-refractivity contribution in [1.29, 1.82) is 0 Å². The number of pyridine rings is 1. The summed E-state index contributed by atoms with van der Waals surface area (Å²) in [4.78, 5) is 29.4. The molecule has 3 N–H and O–H groups in total. The summed E-state index contributed by atoms with van der Waals surface area (Å²) < 4.78 is 41.0. The molecule has 6 nitrogen and oxygen atoms in total. The Morgan fingerprint density at radius 2 is 2.13 bits per heavy atom. The van der Waals surface area contributed by atoms with Gasteiger partial charge in [-0.05, 0) is 42.9 Å². The minimum Gasteiger partial charge on any atom is -0.506 e. The third kappa shape index (κ3) is 3.87. The van der Waals surface area contributed by atoms with Crippen LogP contribution in [0, 0.1) is 5.92 Å². The van der Waals surface area contributed by atoms with E-state index in [0.717, 1.165) is 41.8 Å². The maximum atomic E-state index is 12.7. The number of rotatable bonds is 3. The van der Waals surface area contributed by atoms with Crippen LogP contribution in [0.15, 0.2) is 29.1 Å². The first-order valence-corrected chi connectivity index (χ1v) is 10.0. The van der Waals surface area contributed by atoms with Crippen LogP contribution in [0.3, 0.4) is 0 Å². The predicted molar refractivity (Wildman–Crippen MR) is 106 cm³/mol. The zero-order valence-electron chi connectivity index (χ0n) is 15.7. The Morgan fingerprint density at radius 3 is 2.87 bits per heavy atom. The number of halogens is 3. The molecule has 2 aromatic heterocycles. The highest BCUT2D eigenvalue weighted by Gasteiger charge is 2.31. The van der Waals surface area contributed by atoms with Gasteiger partial charge in [0.05, 0.1) is 5.39 Å². The Balaban J connectivity index is 1.69. The Hall–Kier alpha value is -3.01. The topological polar surface area (TPSA) is 91.4 Å². The quantitative estimate of drug-likeness (QED) is 0.559. The summed E-state index contributed by atoms with van der Waals surface area (Å²) in [6.45, 7) is 2.13. The monoisotopic (exact) mass is 438 g/mol. The first-order valence-electron chi connectivity index (χ1n) is 9.19. The van der Waals surface area contributed by atoms with Gasteiger partial charge in [-0.2, -0.15) is 0 Å². The van der Waals surface area contributed by atoms with Crippen molar-refractivity contribution in [3.8, 4) is 11.5 Å². The van der Waals surface area contributed by atoms with Gasteiger partial charge in [-0.25, -0.2) is 0 Å². The van der Waals surface area contributed by atoms with Crippen LogP contribution in [0.1, 0.15) is 34.1 Å². The second-order valence-corrected chi connectivity index (χ2v) is 8.37. The van der Waals surface area contributed by atoms with E-state index < -0.39 is 34.9 Å². The van der Waals surface area contributed by atoms with Crippen LogP contribution in [0.4, 0.5) is 18.9 Å². The van der Waals surface area contributed by atoms with Gasteiger partial charge in [0.15, 0.2) is 0 Å². The third-order valence-corrected chi connectivity index (χ3v) is 6.16. The molecule has 0 spiro atoms. The first-order chi connectivity index (χ1) is 14.1. The summed E-state index contributed by atoms with van der Waals surface area (Å²) in [5.74, 6) is -1.37. The van der Waals surface area contributed by atoms with Gasteiger partial charge in [-0.15, -0.1) is 24.5 Å². The minimum absolute atomic E-state index is 0.0122. The van der Waals surface area contributed by atoms with Crippen molar-refractivity contribution < 1.29 is 27.8 Å². The second-order valence-electron chi connectivity index (χ2n) is 7.26. The maximum Gasteiger partial charge on any atom is 0.573 e. The third-order valence-electron chi connectivity index (χ3n) is 4.99. The second kappa shape index (κ2) is 7.35. The van der Waals surface area contributed by atoms with Gasteiger partial charge >= 0.3 is 6.36 Å². The van der Waals surface area contributed by atoms with Crippen molar-refractivity contribution in [2.45, 2.75) is 32.5 Å². The van der Waals surface area contributed by atoms with E-state index in [9.17, 15) is 27.9 Å². The largest absolute Gasteiger partial charge is 0.573 e. The molecule has 3 aromatic rings. The highest BCUT2D eigenvalue weighted by atomic mass is 32.1. The van der Waals surface area contributed by atoms with Crippen LogP contribution < -0.4 is 15.6 Å². The summed E-state index contributed by atoms with van der Waals surface area (Å²) in [6.07, 6.45) is -2.37. The molecular weight excluding hydrogens is 421 g/mol. The zero-order chi connectivity index (χ0) is 21.6. The normalized spacial score (nSPS) is 16.3. The molecule has 0 radical (unpaired) electrons. The SMILES string of the molecule is C[C@H]1CCc2c(sc3[nH]c(=O)c(C(=O)Nc4cccc(OC(F)(F)F)c4)c(O)c23)C1. The average Bonchev–Trinajstić information content (AvgIpc) is 2.97. The van der Waals surface area contributed by atoms with Crippen molar-refractivity contribution in [2.75, 3.05) is 5.32 Å². The van der Waals surface area contributed by atoms with E-state index in [1.165, 1.54) is 23.5 Å². The van der Waals surface area contributed by atoms with Crippen molar-refractivity contribution in [2.24, 2.45) is 5.92 Å². The van der Waals surface area contributed by atoms with Crippen molar-refractivity contribution in [1.82, 2.24) is 4.98 Å². The van der Waals surface area contributed by atoms with Gasteiger partial charge < -0.3 is 20.1 Å². The molecule has 0 aliphatic heterocycles. The van der Waals surface area contributed by atoms with Crippen LogP contribution >= 0.6 is 11.3 Å². The van der Waals surface area contributed by atoms with E-state index in [2.05, 4.69) is 22.0 Å². The Kier molecular flexibility index (Phi) is 4.97. The summed E-state index contributed by atoms with van der Waals surface area (Å²) in [6, 6.07) is 4.67. The molecule has 158 valence electrons. The maximum absolute atomic E-state index is 12.7. The Morgan fingerprint density at radius 1 is 1.37 bits per heavy atom. The van der Waals surface area contributed by atoms with E-state index in [1.54, 1.807) is 0 Å². The molecule has 4 rings (SSSR count). The lowest BCUT2D eigenvalue weighted by Crippen LogP contribution is -2.23. The molecule has 1 atom stereocenters. The molecule has 1 aliphatic rings. The van der Waals surface area contributed by atoms with Gasteiger partial charge in [0.2, 0.25) is 0 Å². The molecule has 1 amide bonds. The van der Waals surface area contributed by atoms with Crippen molar-refractivity contribution in [3.63, 3.8) is 0 Å². The number of ether oxygens (including phenoxy) is 1. The van der Waals surface area contributed by atoms with Gasteiger partial charge in [-0.1, -0.05) is 13.0 Å². The summed E-state index contributed by atoms with van der Waals surface area (Å²) >= 11 is 1.39. The van der Waals surface area contributed by atoms with E-state index in [-0.39, 0.29) is 5.69 Å². The van der Waals surface area contributed by atoms with Crippen LogP contribution in [0.25, 0.3) is 10.2 Å². The lowest BCUT2D eigenvalue weighted by atomic mass is 9.89. The smallest absolute Gasteiger partial charge is 0.506 e. The van der Waals surface area contributed by atoms with E-state index in [0.29, 0.717) is 16.1 Å². The number of aryl methyl sites for hydroxylation is 1. The predicted octanol–water partition coefficient (Wildman–Crippen LogP) is 4.57. The fraction of sp³-hybridized carbons (Fsp3) is 0.300. The molecule has 10 heteroatoms. The summed E-state index contributed by atoms with van der Waals surface area (Å²) in [7, 11) is 0. The number of nitrogens with one attached hydrogen (secondary N) is 2. The van der Waals surface area contributed by atoms with Crippen LogP contribution in [0.2, 0.25) is 0 Å². The fourth-order valence-electron chi connectivity index (χ4n) is 3.66. The number of anilines is 1.